The van der Waals surface area contributed by atoms with Crippen LogP contribution in [0.1, 0.15) is 11.6 Å². The Morgan fingerprint density at radius 2 is 2.29 bits per heavy atom. The maximum atomic E-state index is 5.99. The highest BCUT2D eigenvalue weighted by atomic mass is 35.5. The number of rotatable bonds is 4. The van der Waals surface area contributed by atoms with E-state index in [2.05, 4.69) is 0 Å². The van der Waals surface area contributed by atoms with Gasteiger partial charge in [-0.15, -0.1) is 0 Å². The third-order valence-electron chi connectivity index (χ3n) is 1.95. The van der Waals surface area contributed by atoms with Crippen molar-refractivity contribution in [3.05, 3.63) is 28.8 Å². The second-order valence-corrected chi connectivity index (χ2v) is 4.27. The van der Waals surface area contributed by atoms with E-state index in [4.69, 9.17) is 22.1 Å². The van der Waals surface area contributed by atoms with Crippen LogP contribution in [0.3, 0.4) is 0 Å². The number of hydrogen-bond acceptors (Lipinski definition) is 3. The first-order valence-electron chi connectivity index (χ1n) is 4.27. The molecule has 0 fully saturated rings. The van der Waals surface area contributed by atoms with Crippen molar-refractivity contribution in [1.29, 1.82) is 0 Å². The SMILES string of the molecule is COc1ccc(C(N)CSC)cc1Cl. The van der Waals surface area contributed by atoms with Gasteiger partial charge in [-0.1, -0.05) is 17.7 Å². The van der Waals surface area contributed by atoms with Gasteiger partial charge in [-0.2, -0.15) is 11.8 Å². The van der Waals surface area contributed by atoms with Crippen LogP contribution in [0.15, 0.2) is 18.2 Å². The lowest BCUT2D eigenvalue weighted by Gasteiger charge is -2.12. The highest BCUT2D eigenvalue weighted by molar-refractivity contribution is 7.98. The quantitative estimate of drug-likeness (QED) is 0.866. The van der Waals surface area contributed by atoms with Gasteiger partial charge in [-0.05, 0) is 24.0 Å². The summed E-state index contributed by atoms with van der Waals surface area (Å²) in [5.41, 5.74) is 6.99. The number of hydrogen-bond donors (Lipinski definition) is 1. The Balaban J connectivity index is 2.85. The van der Waals surface area contributed by atoms with Gasteiger partial charge < -0.3 is 10.5 Å². The summed E-state index contributed by atoms with van der Waals surface area (Å²) in [7, 11) is 1.60. The molecule has 0 spiro atoms. The average Bonchev–Trinajstić information content (AvgIpc) is 2.18. The van der Waals surface area contributed by atoms with Gasteiger partial charge in [0.1, 0.15) is 5.75 Å². The molecule has 2 nitrogen and oxygen atoms in total. The molecule has 0 aromatic heterocycles. The van der Waals surface area contributed by atoms with Gasteiger partial charge in [0.15, 0.2) is 0 Å². The Kier molecular flexibility index (Phi) is 4.58. The number of methoxy groups -OCH3 is 1. The number of benzene rings is 1. The minimum Gasteiger partial charge on any atom is -0.495 e. The van der Waals surface area contributed by atoms with Crippen LogP contribution < -0.4 is 10.5 Å². The summed E-state index contributed by atoms with van der Waals surface area (Å²) in [5, 5.41) is 0.613. The summed E-state index contributed by atoms with van der Waals surface area (Å²) in [6.07, 6.45) is 2.03. The molecule has 4 heteroatoms. The fourth-order valence-corrected chi connectivity index (χ4v) is 2.01. The molecule has 78 valence electrons. The summed E-state index contributed by atoms with van der Waals surface area (Å²) in [4.78, 5) is 0. The van der Waals surface area contributed by atoms with Crippen LogP contribution in [0, 0.1) is 0 Å². The predicted octanol–water partition coefficient (Wildman–Crippen LogP) is 2.71. The zero-order chi connectivity index (χ0) is 10.6. The van der Waals surface area contributed by atoms with E-state index in [9.17, 15) is 0 Å². The molecule has 1 atom stereocenters. The van der Waals surface area contributed by atoms with E-state index in [1.165, 1.54) is 0 Å². The van der Waals surface area contributed by atoms with Crippen molar-refractivity contribution in [1.82, 2.24) is 0 Å². The molecule has 1 aromatic carbocycles. The van der Waals surface area contributed by atoms with Crippen LogP contribution in [0.4, 0.5) is 0 Å². The number of halogens is 1. The van der Waals surface area contributed by atoms with Gasteiger partial charge in [-0.3, -0.25) is 0 Å². The minimum absolute atomic E-state index is 0.0356. The van der Waals surface area contributed by atoms with Crippen LogP contribution in [-0.2, 0) is 0 Å². The first-order valence-corrected chi connectivity index (χ1v) is 6.04. The summed E-state index contributed by atoms with van der Waals surface area (Å²) in [6, 6.07) is 5.69. The largest absolute Gasteiger partial charge is 0.495 e. The van der Waals surface area contributed by atoms with Crippen molar-refractivity contribution in [2.75, 3.05) is 19.1 Å². The Bertz CT molecular complexity index is 306. The molecule has 0 saturated carbocycles. The second kappa shape index (κ2) is 5.49. The lowest BCUT2D eigenvalue weighted by molar-refractivity contribution is 0.415. The molecule has 0 heterocycles. The Morgan fingerprint density at radius 3 is 2.79 bits per heavy atom. The lowest BCUT2D eigenvalue weighted by atomic mass is 10.1. The molecule has 1 rings (SSSR count). The standard InChI is InChI=1S/C10H14ClNOS/c1-13-10-4-3-7(5-8(10)11)9(12)6-14-2/h3-5,9H,6,12H2,1-2H3. The molecule has 1 aromatic rings. The Morgan fingerprint density at radius 1 is 1.57 bits per heavy atom. The molecule has 0 aliphatic heterocycles. The van der Waals surface area contributed by atoms with Crippen LogP contribution in [0.2, 0.25) is 5.02 Å². The lowest BCUT2D eigenvalue weighted by Crippen LogP contribution is -2.12. The third kappa shape index (κ3) is 2.80. The van der Waals surface area contributed by atoms with Crippen molar-refractivity contribution >= 4 is 23.4 Å². The van der Waals surface area contributed by atoms with Crippen molar-refractivity contribution < 1.29 is 4.74 Å². The molecular weight excluding hydrogens is 218 g/mol. The maximum Gasteiger partial charge on any atom is 0.137 e. The van der Waals surface area contributed by atoms with E-state index >= 15 is 0 Å². The van der Waals surface area contributed by atoms with E-state index in [1.54, 1.807) is 18.9 Å². The fraction of sp³-hybridized carbons (Fsp3) is 0.400. The molecular formula is C10H14ClNOS. The van der Waals surface area contributed by atoms with E-state index < -0.39 is 0 Å². The highest BCUT2D eigenvalue weighted by Crippen LogP contribution is 2.27. The van der Waals surface area contributed by atoms with Crippen molar-refractivity contribution in [2.45, 2.75) is 6.04 Å². The van der Waals surface area contributed by atoms with Crippen LogP contribution >= 0.6 is 23.4 Å². The molecule has 0 amide bonds. The maximum absolute atomic E-state index is 5.99. The van der Waals surface area contributed by atoms with Crippen molar-refractivity contribution in [3.8, 4) is 5.75 Å². The van der Waals surface area contributed by atoms with E-state index in [1.807, 2.05) is 24.5 Å². The van der Waals surface area contributed by atoms with Gasteiger partial charge in [0.05, 0.1) is 12.1 Å². The topological polar surface area (TPSA) is 35.2 Å². The van der Waals surface area contributed by atoms with Crippen molar-refractivity contribution in [3.63, 3.8) is 0 Å². The number of thioether (sulfide) groups is 1. The first kappa shape index (κ1) is 11.7. The molecule has 0 aliphatic rings. The summed E-state index contributed by atoms with van der Waals surface area (Å²) in [5.74, 6) is 1.58. The molecule has 0 radical (unpaired) electrons. The van der Waals surface area contributed by atoms with E-state index in [-0.39, 0.29) is 6.04 Å². The first-order chi connectivity index (χ1) is 6.69. The smallest absolute Gasteiger partial charge is 0.137 e. The van der Waals surface area contributed by atoms with Gasteiger partial charge in [0.25, 0.3) is 0 Å². The molecule has 0 saturated heterocycles. The molecule has 0 bridgehead atoms. The normalized spacial score (nSPS) is 12.6. The predicted molar refractivity (Wildman–Crippen MR) is 63.3 cm³/mol. The minimum atomic E-state index is 0.0356. The van der Waals surface area contributed by atoms with Gasteiger partial charge in [-0.25, -0.2) is 0 Å². The van der Waals surface area contributed by atoms with E-state index in [0.29, 0.717) is 10.8 Å². The molecule has 2 N–H and O–H groups in total. The average molecular weight is 232 g/mol. The molecule has 14 heavy (non-hydrogen) atoms. The van der Waals surface area contributed by atoms with Gasteiger partial charge >= 0.3 is 0 Å². The zero-order valence-electron chi connectivity index (χ0n) is 8.29. The monoisotopic (exact) mass is 231 g/mol. The second-order valence-electron chi connectivity index (χ2n) is 2.96. The number of ether oxygens (including phenoxy) is 1. The van der Waals surface area contributed by atoms with Crippen LogP contribution in [0.25, 0.3) is 0 Å². The zero-order valence-corrected chi connectivity index (χ0v) is 9.86. The summed E-state index contributed by atoms with van der Waals surface area (Å²) < 4.78 is 5.06. The fourth-order valence-electron chi connectivity index (χ4n) is 1.19. The van der Waals surface area contributed by atoms with E-state index in [0.717, 1.165) is 11.3 Å². The van der Waals surface area contributed by atoms with Crippen LogP contribution in [-0.4, -0.2) is 19.1 Å². The Labute approximate surface area is 93.8 Å². The summed E-state index contributed by atoms with van der Waals surface area (Å²) in [6.45, 7) is 0. The Hall–Kier alpha value is -0.380. The van der Waals surface area contributed by atoms with Gasteiger partial charge in [0, 0.05) is 11.8 Å². The highest BCUT2D eigenvalue weighted by Gasteiger charge is 2.07. The molecule has 1 unspecified atom stereocenters. The van der Waals surface area contributed by atoms with Crippen molar-refractivity contribution in [2.24, 2.45) is 5.73 Å². The third-order valence-corrected chi connectivity index (χ3v) is 2.94. The van der Waals surface area contributed by atoms with Crippen LogP contribution in [0.5, 0.6) is 5.75 Å². The number of nitrogens with two attached hydrogens (primary N) is 1. The summed E-state index contributed by atoms with van der Waals surface area (Å²) >= 11 is 7.71. The molecule has 0 aliphatic carbocycles. The van der Waals surface area contributed by atoms with Gasteiger partial charge in [0.2, 0.25) is 0 Å².